The van der Waals surface area contributed by atoms with Crippen LogP contribution in [0.1, 0.15) is 43.6 Å². The Balaban J connectivity index is 1.58. The van der Waals surface area contributed by atoms with E-state index >= 15 is 0 Å². The molecule has 0 aliphatic carbocycles. The van der Waals surface area contributed by atoms with E-state index in [1.165, 1.54) is 5.56 Å². The van der Waals surface area contributed by atoms with E-state index in [0.29, 0.717) is 12.5 Å². The molecule has 1 aliphatic heterocycles. The molecule has 1 atom stereocenters. The van der Waals surface area contributed by atoms with Crippen LogP contribution < -0.4 is 0 Å². The summed E-state index contributed by atoms with van der Waals surface area (Å²) in [4.78, 5) is 23.0. The number of nitrogens with zero attached hydrogens (tertiary/aromatic N) is 4. The molecule has 2 aromatic rings. The van der Waals surface area contributed by atoms with Gasteiger partial charge in [-0.1, -0.05) is 6.92 Å². The molecule has 3 rings (SSSR count). The van der Waals surface area contributed by atoms with Gasteiger partial charge in [-0.3, -0.25) is 9.78 Å². The van der Waals surface area contributed by atoms with Gasteiger partial charge in [0, 0.05) is 50.7 Å². The Hall–Kier alpha value is -2.17. The van der Waals surface area contributed by atoms with Gasteiger partial charge in [0.05, 0.1) is 6.04 Å². The maximum Gasteiger partial charge on any atom is 0.222 e. The molecular weight excluding hydrogens is 288 g/mol. The number of piperidine rings is 1. The van der Waals surface area contributed by atoms with E-state index in [9.17, 15) is 4.79 Å². The number of imidazole rings is 1. The van der Waals surface area contributed by atoms with E-state index in [1.807, 2.05) is 23.2 Å². The van der Waals surface area contributed by atoms with E-state index < -0.39 is 0 Å². The fourth-order valence-electron chi connectivity index (χ4n) is 3.32. The summed E-state index contributed by atoms with van der Waals surface area (Å²) in [7, 11) is 0. The maximum atomic E-state index is 12.5. The molecule has 0 N–H and O–H groups in total. The second-order valence-corrected chi connectivity index (χ2v) is 6.10. The monoisotopic (exact) mass is 312 g/mol. The van der Waals surface area contributed by atoms with Crippen LogP contribution in [0.3, 0.4) is 0 Å². The van der Waals surface area contributed by atoms with E-state index in [1.54, 1.807) is 12.4 Å². The van der Waals surface area contributed by atoms with Crippen LogP contribution in [-0.4, -0.2) is 38.4 Å². The van der Waals surface area contributed by atoms with Gasteiger partial charge in [0.25, 0.3) is 0 Å². The first-order valence-corrected chi connectivity index (χ1v) is 8.46. The fraction of sp³-hybridized carbons (Fsp3) is 0.500. The summed E-state index contributed by atoms with van der Waals surface area (Å²) in [5.74, 6) is 1.37. The fourth-order valence-corrected chi connectivity index (χ4v) is 3.32. The number of rotatable bonds is 5. The Bertz CT molecular complexity index is 637. The third-order valence-electron chi connectivity index (χ3n) is 4.58. The van der Waals surface area contributed by atoms with Gasteiger partial charge in [-0.2, -0.15) is 0 Å². The molecule has 1 aliphatic rings. The minimum absolute atomic E-state index is 0.254. The molecule has 5 nitrogen and oxygen atoms in total. The normalized spacial score (nSPS) is 18.1. The number of aromatic nitrogens is 3. The van der Waals surface area contributed by atoms with Crippen molar-refractivity contribution >= 4 is 5.91 Å². The van der Waals surface area contributed by atoms with Crippen LogP contribution in [0, 0.1) is 0 Å². The van der Waals surface area contributed by atoms with Crippen LogP contribution in [-0.2, 0) is 17.6 Å². The van der Waals surface area contributed by atoms with Crippen molar-refractivity contribution in [3.63, 3.8) is 0 Å². The number of hydrogen-bond acceptors (Lipinski definition) is 3. The van der Waals surface area contributed by atoms with Crippen LogP contribution in [0.4, 0.5) is 0 Å². The average Bonchev–Trinajstić information content (AvgIpc) is 3.09. The summed E-state index contributed by atoms with van der Waals surface area (Å²) in [6.45, 7) is 3.81. The molecule has 0 radical (unpaired) electrons. The summed E-state index contributed by atoms with van der Waals surface area (Å²) in [6, 6.07) is 4.32. The molecule has 5 heteroatoms. The van der Waals surface area contributed by atoms with Gasteiger partial charge in [-0.15, -0.1) is 0 Å². The number of hydrogen-bond donors (Lipinski definition) is 0. The summed E-state index contributed by atoms with van der Waals surface area (Å²) in [5.41, 5.74) is 1.17. The van der Waals surface area contributed by atoms with E-state index in [-0.39, 0.29) is 5.91 Å². The topological polar surface area (TPSA) is 51.0 Å². The third kappa shape index (κ3) is 3.78. The van der Waals surface area contributed by atoms with Gasteiger partial charge < -0.3 is 9.47 Å². The maximum absolute atomic E-state index is 12.5. The number of likely N-dealkylation sites (tertiary alicyclic amines) is 1. The molecule has 23 heavy (non-hydrogen) atoms. The van der Waals surface area contributed by atoms with Crippen LogP contribution >= 0.6 is 0 Å². The predicted octanol–water partition coefficient (Wildman–Crippen LogP) is 2.64. The Labute approximate surface area is 137 Å². The zero-order chi connectivity index (χ0) is 16.1. The van der Waals surface area contributed by atoms with Crippen molar-refractivity contribution in [3.05, 3.63) is 48.3 Å². The van der Waals surface area contributed by atoms with E-state index in [2.05, 4.69) is 27.7 Å². The van der Waals surface area contributed by atoms with Gasteiger partial charge in [0.1, 0.15) is 5.82 Å². The summed E-state index contributed by atoms with van der Waals surface area (Å²) < 4.78 is 2.25. The Morgan fingerprint density at radius 1 is 1.30 bits per heavy atom. The molecule has 122 valence electrons. The zero-order valence-electron chi connectivity index (χ0n) is 13.7. The average molecular weight is 312 g/mol. The largest absolute Gasteiger partial charge is 0.341 e. The van der Waals surface area contributed by atoms with Crippen LogP contribution in [0.25, 0.3) is 0 Å². The second-order valence-electron chi connectivity index (χ2n) is 6.10. The first-order chi connectivity index (χ1) is 11.3. The quantitative estimate of drug-likeness (QED) is 0.853. The van der Waals surface area contributed by atoms with Gasteiger partial charge >= 0.3 is 0 Å². The highest BCUT2D eigenvalue weighted by Gasteiger charge is 2.25. The number of amides is 1. The van der Waals surface area contributed by atoms with Crippen molar-refractivity contribution in [2.45, 2.75) is 45.1 Å². The molecule has 1 unspecified atom stereocenters. The lowest BCUT2D eigenvalue weighted by molar-refractivity contribution is -0.132. The lowest BCUT2D eigenvalue weighted by Gasteiger charge is -2.34. The smallest absolute Gasteiger partial charge is 0.222 e. The van der Waals surface area contributed by atoms with Crippen molar-refractivity contribution in [3.8, 4) is 0 Å². The molecule has 1 fully saturated rings. The molecule has 0 aromatic carbocycles. The van der Waals surface area contributed by atoms with Crippen LogP contribution in [0.5, 0.6) is 0 Å². The van der Waals surface area contributed by atoms with Crippen molar-refractivity contribution in [1.29, 1.82) is 0 Å². The molecular formula is C18H24N4O. The van der Waals surface area contributed by atoms with Crippen LogP contribution in [0.2, 0.25) is 0 Å². The molecule has 1 saturated heterocycles. The Kier molecular flexibility index (Phi) is 5.05. The molecule has 0 spiro atoms. The van der Waals surface area contributed by atoms with Gasteiger partial charge in [-0.25, -0.2) is 4.98 Å². The minimum atomic E-state index is 0.254. The van der Waals surface area contributed by atoms with Gasteiger partial charge in [0.15, 0.2) is 0 Å². The van der Waals surface area contributed by atoms with Gasteiger partial charge in [-0.05, 0) is 37.0 Å². The second kappa shape index (κ2) is 7.40. The van der Waals surface area contributed by atoms with Crippen molar-refractivity contribution in [2.75, 3.05) is 13.1 Å². The molecule has 0 bridgehead atoms. The van der Waals surface area contributed by atoms with E-state index in [0.717, 1.165) is 44.6 Å². The minimum Gasteiger partial charge on any atom is -0.341 e. The van der Waals surface area contributed by atoms with Crippen LogP contribution in [0.15, 0.2) is 36.9 Å². The highest BCUT2D eigenvalue weighted by atomic mass is 16.2. The molecule has 1 amide bonds. The number of carbonyl (C=O) groups is 1. The number of pyridine rings is 1. The first kappa shape index (κ1) is 15.7. The number of aryl methyl sites for hydroxylation is 2. The van der Waals surface area contributed by atoms with Crippen molar-refractivity contribution < 1.29 is 4.79 Å². The highest BCUT2D eigenvalue weighted by molar-refractivity contribution is 5.76. The SMILES string of the molecule is CCc1nccn1C1CCCN(C(=O)CCc2ccncc2)C1. The summed E-state index contributed by atoms with van der Waals surface area (Å²) in [5, 5.41) is 0. The summed E-state index contributed by atoms with van der Waals surface area (Å²) >= 11 is 0. The molecule has 2 aromatic heterocycles. The number of carbonyl (C=O) groups excluding carboxylic acids is 1. The van der Waals surface area contributed by atoms with E-state index in [4.69, 9.17) is 0 Å². The van der Waals surface area contributed by atoms with Crippen molar-refractivity contribution in [2.24, 2.45) is 0 Å². The molecule has 0 saturated carbocycles. The van der Waals surface area contributed by atoms with Crippen molar-refractivity contribution in [1.82, 2.24) is 19.4 Å². The Morgan fingerprint density at radius 3 is 2.91 bits per heavy atom. The first-order valence-electron chi connectivity index (χ1n) is 8.46. The summed E-state index contributed by atoms with van der Waals surface area (Å²) in [6.07, 6.45) is 11.9. The third-order valence-corrected chi connectivity index (χ3v) is 4.58. The molecule has 3 heterocycles. The standard InChI is InChI=1S/C18H24N4O/c1-2-17-20-11-13-22(17)16-4-3-12-21(14-16)18(23)6-5-15-7-9-19-10-8-15/h7-11,13,16H,2-6,12,14H2,1H3. The predicted molar refractivity (Wildman–Crippen MR) is 89.0 cm³/mol. The zero-order valence-corrected chi connectivity index (χ0v) is 13.7. The lowest BCUT2D eigenvalue weighted by atomic mass is 10.0. The highest BCUT2D eigenvalue weighted by Crippen LogP contribution is 2.23. The Morgan fingerprint density at radius 2 is 2.13 bits per heavy atom. The van der Waals surface area contributed by atoms with Gasteiger partial charge in [0.2, 0.25) is 5.91 Å². The lowest BCUT2D eigenvalue weighted by Crippen LogP contribution is -2.41.